The van der Waals surface area contributed by atoms with E-state index in [1.54, 1.807) is 41.2 Å². The smallest absolute Gasteiger partial charge is 0.246 e. The molecule has 23 heavy (non-hydrogen) atoms. The summed E-state index contributed by atoms with van der Waals surface area (Å²) in [7, 11) is 1.75. The van der Waals surface area contributed by atoms with E-state index >= 15 is 0 Å². The molecule has 0 radical (unpaired) electrons. The van der Waals surface area contributed by atoms with Crippen molar-refractivity contribution in [2.75, 3.05) is 7.05 Å². The zero-order valence-corrected chi connectivity index (χ0v) is 14.7. The van der Waals surface area contributed by atoms with Gasteiger partial charge in [-0.25, -0.2) is 0 Å². The second kappa shape index (κ2) is 7.46. The Morgan fingerprint density at radius 1 is 1.26 bits per heavy atom. The Hall–Kier alpha value is -2.08. The first kappa shape index (κ1) is 17.3. The predicted octanol–water partition coefficient (Wildman–Crippen LogP) is 2.75. The van der Waals surface area contributed by atoms with Crippen molar-refractivity contribution in [1.82, 2.24) is 24.5 Å². The molecule has 0 aliphatic rings. The average molecular weight is 336 g/mol. The van der Waals surface area contributed by atoms with E-state index in [0.717, 1.165) is 30.0 Å². The maximum Gasteiger partial charge on any atom is 0.246 e. The van der Waals surface area contributed by atoms with Gasteiger partial charge in [0.25, 0.3) is 0 Å². The van der Waals surface area contributed by atoms with Crippen LogP contribution in [0.2, 0.25) is 5.02 Å². The molecule has 0 bridgehead atoms. The minimum Gasteiger partial charge on any atom is -0.336 e. The molecule has 2 aromatic rings. The fraction of sp³-hybridized carbons (Fsp3) is 0.438. The zero-order chi connectivity index (χ0) is 17.0. The largest absolute Gasteiger partial charge is 0.336 e. The summed E-state index contributed by atoms with van der Waals surface area (Å²) in [6, 6.07) is 0. The number of likely N-dealkylation sites (N-methyl/N-ethyl adjacent to an activating group) is 1. The molecule has 0 unspecified atom stereocenters. The Morgan fingerprint density at radius 2 is 1.91 bits per heavy atom. The van der Waals surface area contributed by atoms with Crippen LogP contribution in [0, 0.1) is 6.92 Å². The fourth-order valence-electron chi connectivity index (χ4n) is 2.35. The lowest BCUT2D eigenvalue weighted by Gasteiger charge is -2.16. The van der Waals surface area contributed by atoms with Gasteiger partial charge in [-0.3, -0.25) is 14.2 Å². The molecule has 2 heterocycles. The number of aromatic nitrogens is 4. The molecular weight excluding hydrogens is 314 g/mol. The number of hydrogen-bond acceptors (Lipinski definition) is 3. The van der Waals surface area contributed by atoms with Crippen LogP contribution < -0.4 is 0 Å². The molecule has 0 atom stereocenters. The molecule has 0 aromatic carbocycles. The van der Waals surface area contributed by atoms with E-state index in [4.69, 9.17) is 11.6 Å². The van der Waals surface area contributed by atoms with Crippen molar-refractivity contribution in [3.05, 3.63) is 40.4 Å². The second-order valence-electron chi connectivity index (χ2n) is 5.28. The number of amides is 1. The summed E-state index contributed by atoms with van der Waals surface area (Å²) in [5.41, 5.74) is 2.84. The van der Waals surface area contributed by atoms with Crippen LogP contribution >= 0.6 is 11.6 Å². The highest BCUT2D eigenvalue weighted by Gasteiger charge is 2.13. The number of hydrogen-bond donors (Lipinski definition) is 0. The Kier molecular flexibility index (Phi) is 5.60. The van der Waals surface area contributed by atoms with Crippen LogP contribution in [0.25, 0.3) is 6.08 Å². The topological polar surface area (TPSA) is 56.0 Å². The molecule has 0 aliphatic carbocycles. The lowest BCUT2D eigenvalue weighted by atomic mass is 10.2. The number of aryl methyl sites for hydroxylation is 2. The van der Waals surface area contributed by atoms with Gasteiger partial charge >= 0.3 is 0 Å². The van der Waals surface area contributed by atoms with E-state index in [-0.39, 0.29) is 5.91 Å². The van der Waals surface area contributed by atoms with Gasteiger partial charge < -0.3 is 4.90 Å². The predicted molar refractivity (Wildman–Crippen MR) is 91.1 cm³/mol. The van der Waals surface area contributed by atoms with Gasteiger partial charge in [-0.15, -0.1) is 0 Å². The first-order valence-corrected chi connectivity index (χ1v) is 8.01. The molecule has 2 rings (SSSR count). The van der Waals surface area contributed by atoms with E-state index < -0.39 is 0 Å². The number of carbonyl (C=O) groups excluding carboxylic acids is 1. The van der Waals surface area contributed by atoms with Gasteiger partial charge in [-0.2, -0.15) is 10.2 Å². The molecule has 0 saturated carbocycles. The van der Waals surface area contributed by atoms with Gasteiger partial charge in [-0.1, -0.05) is 11.6 Å². The lowest BCUT2D eigenvalue weighted by Crippen LogP contribution is -2.25. The maximum absolute atomic E-state index is 12.3. The molecule has 0 N–H and O–H groups in total. The Labute approximate surface area is 141 Å². The van der Waals surface area contributed by atoms with Gasteiger partial charge in [0.05, 0.1) is 29.7 Å². The van der Waals surface area contributed by atoms with Crippen LogP contribution in [-0.2, 0) is 24.4 Å². The normalized spacial score (nSPS) is 11.3. The Balaban J connectivity index is 2.06. The van der Waals surface area contributed by atoms with E-state index in [0.29, 0.717) is 11.6 Å². The Morgan fingerprint density at radius 3 is 2.52 bits per heavy atom. The van der Waals surface area contributed by atoms with E-state index in [1.807, 2.05) is 25.5 Å². The first-order valence-electron chi connectivity index (χ1n) is 7.63. The van der Waals surface area contributed by atoms with Crippen molar-refractivity contribution in [3.8, 4) is 0 Å². The van der Waals surface area contributed by atoms with Crippen molar-refractivity contribution in [3.63, 3.8) is 0 Å². The molecular formula is C16H22ClN5O. The van der Waals surface area contributed by atoms with Gasteiger partial charge in [0.15, 0.2) is 0 Å². The highest BCUT2D eigenvalue weighted by Crippen LogP contribution is 2.17. The van der Waals surface area contributed by atoms with Crippen LogP contribution in [0.4, 0.5) is 0 Å². The molecule has 1 amide bonds. The maximum atomic E-state index is 12.3. The summed E-state index contributed by atoms with van der Waals surface area (Å²) in [5.74, 6) is -0.0893. The highest BCUT2D eigenvalue weighted by molar-refractivity contribution is 6.31. The molecule has 0 spiro atoms. The standard InChI is InChI=1S/C16H22ClN5O/c1-5-21-12(3)13(9-18-21)7-8-16(23)20(4)11-15-14(17)10-19-22(15)6-2/h7-10H,5-6,11H2,1-4H3/b8-7+. The third-order valence-corrected chi connectivity index (χ3v) is 4.12. The Bertz CT molecular complexity index is 716. The quantitative estimate of drug-likeness (QED) is 0.763. The van der Waals surface area contributed by atoms with Crippen molar-refractivity contribution >= 4 is 23.6 Å². The van der Waals surface area contributed by atoms with Gasteiger partial charge in [0.1, 0.15) is 0 Å². The monoisotopic (exact) mass is 335 g/mol. The third-order valence-electron chi connectivity index (χ3n) is 3.81. The van der Waals surface area contributed by atoms with Gasteiger partial charge in [0.2, 0.25) is 5.91 Å². The molecule has 124 valence electrons. The SMILES string of the molecule is CCn1ncc(/C=C/C(=O)N(C)Cc2c(Cl)cnn2CC)c1C. The summed E-state index contributed by atoms with van der Waals surface area (Å²) in [6.07, 6.45) is 6.74. The first-order chi connectivity index (χ1) is 11.0. The minimum atomic E-state index is -0.0893. The molecule has 7 heteroatoms. The van der Waals surface area contributed by atoms with Crippen molar-refractivity contribution in [2.45, 2.75) is 40.4 Å². The molecule has 2 aromatic heterocycles. The highest BCUT2D eigenvalue weighted by atomic mass is 35.5. The van der Waals surface area contributed by atoms with Crippen LogP contribution in [0.5, 0.6) is 0 Å². The summed E-state index contributed by atoms with van der Waals surface area (Å²) in [4.78, 5) is 13.9. The molecule has 0 saturated heterocycles. The van der Waals surface area contributed by atoms with Crippen molar-refractivity contribution in [2.24, 2.45) is 0 Å². The average Bonchev–Trinajstić information content (AvgIpc) is 3.08. The van der Waals surface area contributed by atoms with Crippen LogP contribution in [-0.4, -0.2) is 37.4 Å². The zero-order valence-electron chi connectivity index (χ0n) is 14.0. The number of carbonyl (C=O) groups is 1. The fourth-order valence-corrected chi connectivity index (χ4v) is 2.55. The molecule has 0 fully saturated rings. The van der Waals surface area contributed by atoms with Gasteiger partial charge in [-0.05, 0) is 26.8 Å². The van der Waals surface area contributed by atoms with Gasteiger partial charge in [0, 0.05) is 37.5 Å². The number of rotatable bonds is 6. The van der Waals surface area contributed by atoms with Crippen LogP contribution in [0.3, 0.4) is 0 Å². The molecule has 0 aliphatic heterocycles. The number of halogens is 1. The van der Waals surface area contributed by atoms with E-state index in [2.05, 4.69) is 10.2 Å². The molecule has 6 nitrogen and oxygen atoms in total. The van der Waals surface area contributed by atoms with Crippen molar-refractivity contribution < 1.29 is 4.79 Å². The van der Waals surface area contributed by atoms with Crippen LogP contribution in [0.1, 0.15) is 30.8 Å². The van der Waals surface area contributed by atoms with E-state index in [1.165, 1.54) is 0 Å². The summed E-state index contributed by atoms with van der Waals surface area (Å²) >= 11 is 6.13. The lowest BCUT2D eigenvalue weighted by molar-refractivity contribution is -0.125. The minimum absolute atomic E-state index is 0.0893. The van der Waals surface area contributed by atoms with E-state index in [9.17, 15) is 4.79 Å². The van der Waals surface area contributed by atoms with Crippen molar-refractivity contribution in [1.29, 1.82) is 0 Å². The van der Waals surface area contributed by atoms with Crippen LogP contribution in [0.15, 0.2) is 18.5 Å². The summed E-state index contributed by atoms with van der Waals surface area (Å²) < 4.78 is 3.69. The third kappa shape index (κ3) is 3.82. The second-order valence-corrected chi connectivity index (χ2v) is 5.69. The summed E-state index contributed by atoms with van der Waals surface area (Å²) in [5, 5.41) is 9.02. The summed E-state index contributed by atoms with van der Waals surface area (Å²) in [6.45, 7) is 7.96. The number of nitrogens with zero attached hydrogens (tertiary/aromatic N) is 5.